The number of halogens is 1. The number of pyridine rings is 1. The van der Waals surface area contributed by atoms with Gasteiger partial charge in [-0.1, -0.05) is 0 Å². The average Bonchev–Trinajstić information content (AvgIpc) is 3.40. The van der Waals surface area contributed by atoms with Crippen molar-refractivity contribution in [3.63, 3.8) is 0 Å². The molecule has 0 aliphatic heterocycles. The van der Waals surface area contributed by atoms with Crippen molar-refractivity contribution < 1.29 is 19.0 Å². The van der Waals surface area contributed by atoms with Crippen molar-refractivity contribution >= 4 is 39.7 Å². The standard InChI is InChI=1S/C26H30FN7O3/c1-26(2,3)37-25(36)33(6)24-21-22(32(5)15-30-21)19-14-20(16-11-17(27)13-18(12-16)28-4)34(23(19)31-24)9-7-29-8-10-35/h11-15,29,35H,7-10H2,1-3,5-6H3. The van der Waals surface area contributed by atoms with Crippen LogP contribution >= 0.6 is 0 Å². The van der Waals surface area contributed by atoms with Gasteiger partial charge in [-0.15, -0.1) is 0 Å². The summed E-state index contributed by atoms with van der Waals surface area (Å²) in [5.41, 5.74) is 2.53. The summed E-state index contributed by atoms with van der Waals surface area (Å²) in [4.78, 5) is 27.0. The molecule has 0 fully saturated rings. The smallest absolute Gasteiger partial charge is 0.415 e. The van der Waals surface area contributed by atoms with Crippen LogP contribution in [0.3, 0.4) is 0 Å². The Morgan fingerprint density at radius 1 is 1.27 bits per heavy atom. The van der Waals surface area contributed by atoms with Gasteiger partial charge in [0.05, 0.1) is 25.0 Å². The van der Waals surface area contributed by atoms with Gasteiger partial charge in [0.25, 0.3) is 0 Å². The molecule has 4 aromatic rings. The van der Waals surface area contributed by atoms with Crippen LogP contribution in [-0.2, 0) is 18.3 Å². The Morgan fingerprint density at radius 2 is 2.03 bits per heavy atom. The van der Waals surface area contributed by atoms with Gasteiger partial charge in [0.1, 0.15) is 22.6 Å². The molecule has 37 heavy (non-hydrogen) atoms. The van der Waals surface area contributed by atoms with E-state index in [9.17, 15) is 9.18 Å². The molecule has 11 heteroatoms. The van der Waals surface area contributed by atoms with Crippen LogP contribution in [0.1, 0.15) is 20.8 Å². The van der Waals surface area contributed by atoms with E-state index < -0.39 is 17.5 Å². The van der Waals surface area contributed by atoms with Crippen molar-refractivity contribution in [1.82, 2.24) is 24.4 Å². The Bertz CT molecular complexity index is 1510. The molecule has 1 amide bonds. The minimum absolute atomic E-state index is 0.00370. The zero-order chi connectivity index (χ0) is 26.9. The maximum Gasteiger partial charge on any atom is 0.415 e. The SMILES string of the molecule is [C-]#[N+]c1cc(F)cc(-c2cc3c4c(ncn4C)c(N(C)C(=O)OC(C)(C)C)nc3n2CCNCCO)c1. The van der Waals surface area contributed by atoms with E-state index in [2.05, 4.69) is 15.1 Å². The van der Waals surface area contributed by atoms with Crippen molar-refractivity contribution in [2.24, 2.45) is 7.05 Å². The second kappa shape index (κ2) is 10.2. The summed E-state index contributed by atoms with van der Waals surface area (Å²) in [6.07, 6.45) is 1.08. The topological polar surface area (TPSA) is 102 Å². The molecule has 3 heterocycles. The summed E-state index contributed by atoms with van der Waals surface area (Å²) in [6.45, 7) is 14.1. The zero-order valence-corrected chi connectivity index (χ0v) is 21.5. The molecule has 0 spiro atoms. The van der Waals surface area contributed by atoms with E-state index in [4.69, 9.17) is 21.4 Å². The highest BCUT2D eigenvalue weighted by molar-refractivity contribution is 6.10. The third-order valence-corrected chi connectivity index (χ3v) is 5.78. The summed E-state index contributed by atoms with van der Waals surface area (Å²) < 4.78 is 23.7. The number of amides is 1. The molecule has 3 aromatic heterocycles. The van der Waals surface area contributed by atoms with Crippen LogP contribution in [0.5, 0.6) is 0 Å². The first kappa shape index (κ1) is 26.1. The predicted molar refractivity (Wildman–Crippen MR) is 140 cm³/mol. The van der Waals surface area contributed by atoms with Gasteiger partial charge < -0.3 is 24.3 Å². The fourth-order valence-corrected chi connectivity index (χ4v) is 4.20. The minimum atomic E-state index is -0.692. The van der Waals surface area contributed by atoms with Crippen LogP contribution in [0.15, 0.2) is 30.6 Å². The van der Waals surface area contributed by atoms with Gasteiger partial charge in [-0.05, 0) is 50.6 Å². The van der Waals surface area contributed by atoms with Crippen LogP contribution in [0.4, 0.5) is 20.7 Å². The van der Waals surface area contributed by atoms with E-state index in [0.29, 0.717) is 47.9 Å². The number of imidazole rings is 1. The summed E-state index contributed by atoms with van der Waals surface area (Å²) in [6, 6.07) is 6.11. The Morgan fingerprint density at radius 3 is 2.70 bits per heavy atom. The second-order valence-electron chi connectivity index (χ2n) is 9.73. The Balaban J connectivity index is 1.97. The number of hydrogen-bond donors (Lipinski definition) is 2. The fraction of sp³-hybridized carbons (Fsp3) is 0.385. The van der Waals surface area contributed by atoms with E-state index in [1.54, 1.807) is 40.2 Å². The van der Waals surface area contributed by atoms with Crippen molar-refractivity contribution in [3.8, 4) is 11.3 Å². The van der Waals surface area contributed by atoms with Gasteiger partial charge in [-0.25, -0.2) is 24.0 Å². The molecule has 0 bridgehead atoms. The number of nitrogens with zero attached hydrogens (tertiary/aromatic N) is 6. The quantitative estimate of drug-likeness (QED) is 0.287. The van der Waals surface area contributed by atoms with Gasteiger partial charge in [-0.2, -0.15) is 0 Å². The predicted octanol–water partition coefficient (Wildman–Crippen LogP) is 4.23. The first-order valence-electron chi connectivity index (χ1n) is 11.8. The third kappa shape index (κ3) is 5.26. The van der Waals surface area contributed by atoms with Crippen LogP contribution in [0.25, 0.3) is 38.2 Å². The Labute approximate surface area is 214 Å². The van der Waals surface area contributed by atoms with Crippen molar-refractivity contribution in [1.29, 1.82) is 0 Å². The fourth-order valence-electron chi connectivity index (χ4n) is 4.20. The summed E-state index contributed by atoms with van der Waals surface area (Å²) in [7, 11) is 3.44. The van der Waals surface area contributed by atoms with Crippen LogP contribution in [0, 0.1) is 12.4 Å². The lowest BCUT2D eigenvalue weighted by Gasteiger charge is -2.24. The molecule has 0 unspecified atom stereocenters. The molecule has 0 saturated heterocycles. The number of carbonyl (C=O) groups excluding carboxylic acids is 1. The van der Waals surface area contributed by atoms with E-state index in [1.165, 1.54) is 17.0 Å². The number of nitrogens with one attached hydrogen (secondary N) is 1. The molecule has 10 nitrogen and oxygen atoms in total. The molecular weight excluding hydrogens is 477 g/mol. The van der Waals surface area contributed by atoms with E-state index >= 15 is 0 Å². The van der Waals surface area contributed by atoms with E-state index in [0.717, 1.165) is 10.9 Å². The zero-order valence-electron chi connectivity index (χ0n) is 21.5. The monoisotopic (exact) mass is 507 g/mol. The normalized spacial score (nSPS) is 11.7. The first-order valence-corrected chi connectivity index (χ1v) is 11.8. The maximum absolute atomic E-state index is 14.4. The van der Waals surface area contributed by atoms with Gasteiger partial charge in [0.15, 0.2) is 11.5 Å². The van der Waals surface area contributed by atoms with E-state index in [-0.39, 0.29) is 12.3 Å². The molecular formula is C26H30FN7O3. The molecule has 0 radical (unpaired) electrons. The molecule has 0 aliphatic carbocycles. The second-order valence-corrected chi connectivity index (χ2v) is 9.73. The highest BCUT2D eigenvalue weighted by Gasteiger charge is 2.26. The maximum atomic E-state index is 14.4. The molecule has 0 atom stereocenters. The molecule has 1 aromatic carbocycles. The first-order chi connectivity index (χ1) is 17.5. The summed E-state index contributed by atoms with van der Waals surface area (Å²) in [5.74, 6) is -0.185. The average molecular weight is 508 g/mol. The largest absolute Gasteiger partial charge is 0.443 e. The third-order valence-electron chi connectivity index (χ3n) is 5.78. The highest BCUT2D eigenvalue weighted by atomic mass is 19.1. The van der Waals surface area contributed by atoms with Crippen molar-refractivity contribution in [2.75, 3.05) is 31.6 Å². The molecule has 0 aliphatic rings. The summed E-state index contributed by atoms with van der Waals surface area (Å²) >= 11 is 0. The van der Waals surface area contributed by atoms with Crippen molar-refractivity contribution in [2.45, 2.75) is 32.9 Å². The minimum Gasteiger partial charge on any atom is -0.443 e. The lowest BCUT2D eigenvalue weighted by molar-refractivity contribution is 0.0588. The number of benzene rings is 1. The molecule has 0 saturated carbocycles. The number of aryl methyl sites for hydroxylation is 1. The molecule has 4 rings (SSSR count). The number of aliphatic hydroxyl groups is 1. The number of anilines is 1. The molecule has 2 N–H and O–H groups in total. The Kier molecular flexibility index (Phi) is 7.16. The van der Waals surface area contributed by atoms with Gasteiger partial charge in [0.2, 0.25) is 0 Å². The highest BCUT2D eigenvalue weighted by Crippen LogP contribution is 2.36. The van der Waals surface area contributed by atoms with Crippen LogP contribution in [-0.4, -0.2) is 62.6 Å². The number of hydrogen-bond acceptors (Lipinski definition) is 6. The summed E-state index contributed by atoms with van der Waals surface area (Å²) in [5, 5.41) is 13.1. The number of rotatable bonds is 7. The van der Waals surface area contributed by atoms with Gasteiger partial charge in [-0.3, -0.25) is 4.90 Å². The van der Waals surface area contributed by atoms with E-state index in [1.807, 2.05) is 22.2 Å². The van der Waals surface area contributed by atoms with Gasteiger partial charge in [0, 0.05) is 44.8 Å². The number of fused-ring (bicyclic) bond motifs is 3. The lowest BCUT2D eigenvalue weighted by atomic mass is 10.1. The lowest BCUT2D eigenvalue weighted by Crippen LogP contribution is -2.34. The van der Waals surface area contributed by atoms with Crippen LogP contribution in [0.2, 0.25) is 0 Å². The number of aromatic nitrogens is 4. The Hall–Kier alpha value is -4.01. The van der Waals surface area contributed by atoms with Crippen LogP contribution < -0.4 is 10.2 Å². The van der Waals surface area contributed by atoms with Crippen molar-refractivity contribution in [3.05, 3.63) is 47.8 Å². The number of ether oxygens (including phenoxy) is 1. The number of carbonyl (C=O) groups is 1. The molecule has 194 valence electrons. The number of aliphatic hydroxyl groups excluding tert-OH is 1. The van der Waals surface area contributed by atoms with Gasteiger partial charge >= 0.3 is 6.09 Å².